The van der Waals surface area contributed by atoms with Gasteiger partial charge in [0.1, 0.15) is 11.4 Å². The molecule has 1 aromatic rings. The van der Waals surface area contributed by atoms with Gasteiger partial charge < -0.3 is 18.9 Å². The number of benzene rings is 1. The van der Waals surface area contributed by atoms with Crippen molar-refractivity contribution in [2.75, 3.05) is 34.0 Å². The lowest BCUT2D eigenvalue weighted by Crippen LogP contribution is -2.34. The van der Waals surface area contributed by atoms with Gasteiger partial charge in [0.15, 0.2) is 0 Å². The molecule has 0 aromatic heterocycles. The third kappa shape index (κ3) is 6.77. The zero-order valence-electron chi connectivity index (χ0n) is 19.3. The third-order valence-corrected chi connectivity index (χ3v) is 4.81. The highest BCUT2D eigenvalue weighted by molar-refractivity contribution is 5.49. The van der Waals surface area contributed by atoms with Crippen molar-refractivity contribution in [3.8, 4) is 5.75 Å². The Bertz CT molecular complexity index is 780. The second-order valence-electron chi connectivity index (χ2n) is 6.79. The van der Waals surface area contributed by atoms with Crippen LogP contribution in [-0.2, 0) is 19.8 Å². The number of methoxy groups -OCH3 is 2. The van der Waals surface area contributed by atoms with Crippen molar-refractivity contribution in [2.45, 2.75) is 39.7 Å². The molecule has 0 amide bonds. The predicted molar refractivity (Wildman–Crippen MR) is 124 cm³/mol. The minimum Gasteiger partial charge on any atom is -0.501 e. The van der Waals surface area contributed by atoms with Crippen LogP contribution in [0.4, 0.5) is 0 Å². The lowest BCUT2D eigenvalue weighted by molar-refractivity contribution is -0.0262. The maximum absolute atomic E-state index is 6.60. The normalized spacial score (nSPS) is 14.7. The van der Waals surface area contributed by atoms with Crippen molar-refractivity contribution < 1.29 is 18.9 Å². The van der Waals surface area contributed by atoms with Gasteiger partial charge in [0.25, 0.3) is 0 Å². The second kappa shape index (κ2) is 13.7. The molecule has 0 fully saturated rings. The monoisotopic (exact) mass is 412 g/mol. The van der Waals surface area contributed by atoms with E-state index in [1.807, 2.05) is 62.4 Å². The molecule has 1 rings (SSSR count). The average molecular weight is 413 g/mol. The van der Waals surface area contributed by atoms with Gasteiger partial charge >= 0.3 is 0 Å². The fraction of sp³-hybridized carbons (Fsp3) is 0.423. The molecule has 1 atom stereocenters. The predicted octanol–water partition coefficient (Wildman–Crippen LogP) is 6.12. The Hall–Kier alpha value is -2.52. The summed E-state index contributed by atoms with van der Waals surface area (Å²) in [4.78, 5) is 0. The first-order valence-electron chi connectivity index (χ1n) is 10.3. The van der Waals surface area contributed by atoms with Crippen LogP contribution in [0.2, 0.25) is 0 Å². The number of hydrogen-bond donors (Lipinski definition) is 0. The lowest BCUT2D eigenvalue weighted by atomic mass is 9.79. The number of allylic oxidation sites excluding steroid dienone is 4. The van der Waals surface area contributed by atoms with Crippen molar-refractivity contribution in [1.29, 1.82) is 0 Å². The van der Waals surface area contributed by atoms with Crippen molar-refractivity contribution in [3.05, 3.63) is 83.3 Å². The van der Waals surface area contributed by atoms with Gasteiger partial charge in [-0.1, -0.05) is 37.8 Å². The molecule has 0 heterocycles. The van der Waals surface area contributed by atoms with E-state index in [9.17, 15) is 0 Å². The Kier molecular flexibility index (Phi) is 11.6. The maximum atomic E-state index is 6.60. The molecule has 0 spiro atoms. The van der Waals surface area contributed by atoms with Crippen molar-refractivity contribution in [2.24, 2.45) is 0 Å². The number of rotatable bonds is 13. The Morgan fingerprint density at radius 2 is 1.77 bits per heavy atom. The molecular weight excluding hydrogens is 376 g/mol. The van der Waals surface area contributed by atoms with Crippen molar-refractivity contribution >= 4 is 0 Å². The van der Waals surface area contributed by atoms with Crippen LogP contribution >= 0.6 is 0 Å². The van der Waals surface area contributed by atoms with Gasteiger partial charge in [-0.2, -0.15) is 0 Å². The van der Waals surface area contributed by atoms with Gasteiger partial charge in [-0.3, -0.25) is 0 Å². The summed E-state index contributed by atoms with van der Waals surface area (Å²) in [5.41, 5.74) is 5.01. The first-order chi connectivity index (χ1) is 14.5. The third-order valence-electron chi connectivity index (χ3n) is 4.81. The van der Waals surface area contributed by atoms with Crippen molar-refractivity contribution in [1.82, 2.24) is 0 Å². The smallest absolute Gasteiger partial charge is 0.140 e. The summed E-state index contributed by atoms with van der Waals surface area (Å²) in [7, 11) is 3.32. The zero-order valence-corrected chi connectivity index (χ0v) is 19.3. The molecular formula is C26H36O4. The van der Waals surface area contributed by atoms with Crippen LogP contribution in [0.25, 0.3) is 0 Å². The molecule has 4 heteroatoms. The fourth-order valence-electron chi connectivity index (χ4n) is 3.15. The van der Waals surface area contributed by atoms with Crippen LogP contribution < -0.4 is 4.74 Å². The van der Waals surface area contributed by atoms with E-state index < -0.39 is 5.60 Å². The van der Waals surface area contributed by atoms with Gasteiger partial charge in [0.05, 0.1) is 33.2 Å². The quantitative estimate of drug-likeness (QED) is 0.169. The lowest BCUT2D eigenvalue weighted by Gasteiger charge is -2.37. The molecule has 1 unspecified atom stereocenters. The Labute approximate surface area is 182 Å². The highest BCUT2D eigenvalue weighted by Crippen LogP contribution is 2.42. The van der Waals surface area contributed by atoms with Crippen LogP contribution in [0.1, 0.15) is 39.7 Å². The molecule has 0 saturated heterocycles. The van der Waals surface area contributed by atoms with Gasteiger partial charge in [-0.15, -0.1) is 5.73 Å². The molecule has 1 aromatic carbocycles. The van der Waals surface area contributed by atoms with E-state index in [0.29, 0.717) is 19.8 Å². The zero-order chi connectivity index (χ0) is 22.4. The van der Waals surface area contributed by atoms with E-state index >= 15 is 0 Å². The molecule has 164 valence electrons. The largest absolute Gasteiger partial charge is 0.501 e. The maximum Gasteiger partial charge on any atom is 0.140 e. The summed E-state index contributed by atoms with van der Waals surface area (Å²) in [6, 6.07) is 7.93. The fourth-order valence-corrected chi connectivity index (χ4v) is 3.15. The molecule has 0 N–H and O–H groups in total. The van der Waals surface area contributed by atoms with E-state index in [-0.39, 0.29) is 0 Å². The topological polar surface area (TPSA) is 36.9 Å². The van der Waals surface area contributed by atoms with Crippen LogP contribution in [0.3, 0.4) is 0 Å². The minimum atomic E-state index is -0.828. The highest BCUT2D eigenvalue weighted by atomic mass is 16.5. The van der Waals surface area contributed by atoms with E-state index in [4.69, 9.17) is 18.9 Å². The molecule has 0 aliphatic carbocycles. The summed E-state index contributed by atoms with van der Waals surface area (Å²) < 4.78 is 22.9. The summed E-state index contributed by atoms with van der Waals surface area (Å²) in [6.07, 6.45) is 8.83. The molecule has 0 aliphatic heterocycles. The van der Waals surface area contributed by atoms with Gasteiger partial charge in [-0.05, 0) is 68.2 Å². The molecule has 0 saturated carbocycles. The molecule has 0 bridgehead atoms. The van der Waals surface area contributed by atoms with Gasteiger partial charge in [-0.25, -0.2) is 0 Å². The van der Waals surface area contributed by atoms with Gasteiger partial charge in [0, 0.05) is 6.61 Å². The first kappa shape index (κ1) is 25.5. The van der Waals surface area contributed by atoms with Crippen LogP contribution in [0, 0.1) is 0 Å². The molecule has 0 aliphatic rings. The minimum absolute atomic E-state index is 0.437. The van der Waals surface area contributed by atoms with E-state index in [2.05, 4.69) is 26.2 Å². The number of hydrogen-bond acceptors (Lipinski definition) is 4. The van der Waals surface area contributed by atoms with Crippen LogP contribution in [0.5, 0.6) is 5.75 Å². The average Bonchev–Trinajstić information content (AvgIpc) is 2.78. The number of ether oxygens (including phenoxy) is 4. The summed E-state index contributed by atoms with van der Waals surface area (Å²) in [6.45, 7) is 13.5. The molecule has 30 heavy (non-hydrogen) atoms. The van der Waals surface area contributed by atoms with E-state index in [1.54, 1.807) is 14.2 Å². The van der Waals surface area contributed by atoms with E-state index in [0.717, 1.165) is 34.6 Å². The SMILES string of the molecule is C=C=C/C(=C\C)C(OCCOCCC)(/C(C)=C/C=C(\C)OC)c1ccc(OC)cc1. The molecule has 4 nitrogen and oxygen atoms in total. The molecule has 0 radical (unpaired) electrons. The van der Waals surface area contributed by atoms with E-state index in [1.165, 1.54) is 0 Å². The first-order valence-corrected chi connectivity index (χ1v) is 10.3. The van der Waals surface area contributed by atoms with Crippen molar-refractivity contribution in [3.63, 3.8) is 0 Å². The Morgan fingerprint density at radius 1 is 1.07 bits per heavy atom. The summed E-state index contributed by atoms with van der Waals surface area (Å²) in [5, 5.41) is 0. The summed E-state index contributed by atoms with van der Waals surface area (Å²) >= 11 is 0. The Balaban J connectivity index is 3.59. The van der Waals surface area contributed by atoms with Crippen LogP contribution in [0.15, 0.2) is 77.8 Å². The second-order valence-corrected chi connectivity index (χ2v) is 6.79. The Morgan fingerprint density at radius 3 is 2.30 bits per heavy atom. The van der Waals surface area contributed by atoms with Crippen LogP contribution in [-0.4, -0.2) is 34.0 Å². The highest BCUT2D eigenvalue weighted by Gasteiger charge is 2.38. The standard InChI is InChI=1S/C26H36O4/c1-8-11-23(10-3)26(30-20-19-29-18-9-2,21(4)12-13-22(5)27-6)24-14-16-25(28-7)17-15-24/h10-17H,1,9,18-20H2,2-7H3/b21-12+,22-13+,23-10+. The summed E-state index contributed by atoms with van der Waals surface area (Å²) in [5.74, 6) is 1.60. The van der Waals surface area contributed by atoms with Gasteiger partial charge in [0.2, 0.25) is 0 Å².